The maximum Gasteiger partial charge on any atom is 0.343 e. The molecule has 1 saturated carbocycles. The normalized spacial score (nSPS) is 21.6. The lowest BCUT2D eigenvalue weighted by atomic mass is 9.81. The van der Waals surface area contributed by atoms with Crippen LogP contribution in [0.4, 0.5) is 5.69 Å². The number of ketones is 1. The summed E-state index contributed by atoms with van der Waals surface area (Å²) in [5.41, 5.74) is 0.547. The Morgan fingerprint density at radius 2 is 1.38 bits per heavy atom. The molecule has 1 aliphatic carbocycles. The molecule has 0 spiro atoms. The van der Waals surface area contributed by atoms with Crippen LogP contribution in [-0.2, 0) is 14.3 Å². The molecule has 5 rings (SSSR count). The van der Waals surface area contributed by atoms with Crippen LogP contribution in [0.15, 0.2) is 66.7 Å². The summed E-state index contributed by atoms with van der Waals surface area (Å²) >= 11 is 19.0. The van der Waals surface area contributed by atoms with Gasteiger partial charge >= 0.3 is 11.9 Å². The molecular formula is C30H21Br2Cl2NO7. The highest BCUT2D eigenvalue weighted by molar-refractivity contribution is 9.12. The Hall–Kier alpha value is -3.05. The highest BCUT2D eigenvalue weighted by Gasteiger charge is 2.53. The second-order valence-electron chi connectivity index (χ2n) is 9.79. The van der Waals surface area contributed by atoms with E-state index in [-0.39, 0.29) is 54.6 Å². The predicted octanol–water partition coefficient (Wildman–Crippen LogP) is 6.68. The van der Waals surface area contributed by atoms with Crippen LogP contribution in [-0.4, -0.2) is 45.8 Å². The van der Waals surface area contributed by atoms with Gasteiger partial charge in [-0.25, -0.2) is 14.5 Å². The molecule has 2 fully saturated rings. The van der Waals surface area contributed by atoms with Gasteiger partial charge in [-0.2, -0.15) is 0 Å². The molecule has 1 aliphatic heterocycles. The summed E-state index contributed by atoms with van der Waals surface area (Å²) in [6.07, 6.45) is 0.993. The van der Waals surface area contributed by atoms with Crippen molar-refractivity contribution in [1.29, 1.82) is 0 Å². The van der Waals surface area contributed by atoms with Crippen molar-refractivity contribution in [3.8, 4) is 5.75 Å². The molecule has 42 heavy (non-hydrogen) atoms. The zero-order valence-electron chi connectivity index (χ0n) is 21.6. The van der Waals surface area contributed by atoms with E-state index >= 15 is 0 Å². The Morgan fingerprint density at radius 3 is 2.00 bits per heavy atom. The molecule has 216 valence electrons. The van der Waals surface area contributed by atoms with Crippen molar-refractivity contribution in [2.24, 2.45) is 11.8 Å². The van der Waals surface area contributed by atoms with Gasteiger partial charge in [-0.15, -0.1) is 0 Å². The first-order valence-electron chi connectivity index (χ1n) is 12.8. The summed E-state index contributed by atoms with van der Waals surface area (Å²) < 4.78 is 10.6. The maximum absolute atomic E-state index is 13.3. The van der Waals surface area contributed by atoms with Gasteiger partial charge in [-0.3, -0.25) is 14.4 Å². The van der Waals surface area contributed by atoms with E-state index in [2.05, 4.69) is 31.9 Å². The number of anilines is 1. The minimum Gasteiger partial charge on any atom is -0.454 e. The lowest BCUT2D eigenvalue weighted by Gasteiger charge is -2.29. The molecule has 3 aromatic carbocycles. The lowest BCUT2D eigenvalue weighted by molar-refractivity contribution is -0.122. The lowest BCUT2D eigenvalue weighted by Crippen LogP contribution is -2.34. The first-order chi connectivity index (χ1) is 20.0. The zero-order valence-corrected chi connectivity index (χ0v) is 26.3. The van der Waals surface area contributed by atoms with Crippen molar-refractivity contribution < 1.29 is 33.4 Å². The third kappa shape index (κ3) is 6.17. The molecule has 4 atom stereocenters. The van der Waals surface area contributed by atoms with Crippen LogP contribution in [0, 0.1) is 11.8 Å². The number of halogens is 4. The van der Waals surface area contributed by atoms with Crippen molar-refractivity contribution in [3.63, 3.8) is 0 Å². The fraction of sp³-hybridized carbons (Fsp3) is 0.233. The van der Waals surface area contributed by atoms with Crippen molar-refractivity contribution in [2.75, 3.05) is 11.5 Å². The zero-order chi connectivity index (χ0) is 30.1. The van der Waals surface area contributed by atoms with Gasteiger partial charge in [0.2, 0.25) is 11.8 Å². The van der Waals surface area contributed by atoms with E-state index in [9.17, 15) is 24.0 Å². The first kappa shape index (κ1) is 30.4. The number of fused-ring (bicyclic) bond motifs is 1. The van der Waals surface area contributed by atoms with E-state index < -0.39 is 36.2 Å². The van der Waals surface area contributed by atoms with Gasteiger partial charge in [-0.1, -0.05) is 67.2 Å². The second-order valence-corrected chi connectivity index (χ2v) is 13.0. The summed E-state index contributed by atoms with van der Waals surface area (Å²) in [5, 5.41) is 0.512. The van der Waals surface area contributed by atoms with Gasteiger partial charge in [0.05, 0.1) is 38.7 Å². The average Bonchev–Trinajstić information content (AvgIpc) is 3.21. The van der Waals surface area contributed by atoms with Crippen LogP contribution in [0.3, 0.4) is 0 Å². The molecule has 0 N–H and O–H groups in total. The number of alkyl halides is 2. The molecule has 2 amide bonds. The quantitative estimate of drug-likeness (QED) is 0.0876. The summed E-state index contributed by atoms with van der Waals surface area (Å²) in [4.78, 5) is 65.8. The van der Waals surface area contributed by atoms with Gasteiger partial charge in [0.1, 0.15) is 5.75 Å². The van der Waals surface area contributed by atoms with Crippen molar-refractivity contribution in [2.45, 2.75) is 22.5 Å². The third-order valence-electron chi connectivity index (χ3n) is 7.15. The SMILES string of the molecule is O=C(COC(=O)c1ccccc1N1C(=O)C2CC(Br)C(Br)CC2C1=O)c1ccc(OC(=O)c2ccc(Cl)c(Cl)c2)cc1. The van der Waals surface area contributed by atoms with E-state index in [1.807, 2.05) is 0 Å². The van der Waals surface area contributed by atoms with Crippen molar-refractivity contribution >= 4 is 90.3 Å². The van der Waals surface area contributed by atoms with E-state index in [1.165, 1.54) is 54.6 Å². The topological polar surface area (TPSA) is 107 Å². The number of hydrogen-bond donors (Lipinski definition) is 0. The van der Waals surface area contributed by atoms with E-state index in [0.29, 0.717) is 17.9 Å². The van der Waals surface area contributed by atoms with E-state index in [0.717, 1.165) is 4.90 Å². The molecule has 0 aromatic heterocycles. The first-order valence-corrected chi connectivity index (χ1v) is 15.4. The molecule has 0 bridgehead atoms. The minimum absolute atomic E-state index is 0.000921. The average molecular weight is 738 g/mol. The van der Waals surface area contributed by atoms with E-state index in [4.69, 9.17) is 32.7 Å². The molecule has 12 heteroatoms. The molecule has 3 aromatic rings. The molecule has 1 saturated heterocycles. The number of Topliss-reactive ketones (excluding diaryl/α,β-unsaturated/α-hetero) is 1. The Morgan fingerprint density at radius 1 is 0.786 bits per heavy atom. The number of carbonyl (C=O) groups excluding carboxylic acids is 5. The highest BCUT2D eigenvalue weighted by Crippen LogP contribution is 2.45. The Labute approximate surface area is 267 Å². The molecule has 4 unspecified atom stereocenters. The van der Waals surface area contributed by atoms with Crippen LogP contribution in [0.5, 0.6) is 5.75 Å². The van der Waals surface area contributed by atoms with E-state index in [1.54, 1.807) is 12.1 Å². The molecular weight excluding hydrogens is 717 g/mol. The van der Waals surface area contributed by atoms with Crippen LogP contribution in [0.25, 0.3) is 0 Å². The Bertz CT molecular complexity index is 1570. The molecule has 8 nitrogen and oxygen atoms in total. The van der Waals surface area contributed by atoms with Gasteiger partial charge in [-0.05, 0) is 67.4 Å². The van der Waals surface area contributed by atoms with Crippen LogP contribution >= 0.6 is 55.1 Å². The van der Waals surface area contributed by atoms with Gasteiger partial charge in [0, 0.05) is 15.2 Å². The molecule has 1 heterocycles. The minimum atomic E-state index is -0.849. The Balaban J connectivity index is 1.23. The number of esters is 2. The fourth-order valence-corrected chi connectivity index (χ4v) is 6.50. The van der Waals surface area contributed by atoms with Crippen molar-refractivity contribution in [3.05, 3.63) is 93.5 Å². The third-order valence-corrected chi connectivity index (χ3v) is 10.6. The molecule has 0 radical (unpaired) electrons. The number of imide groups is 1. The van der Waals surface area contributed by atoms with Crippen LogP contribution < -0.4 is 9.64 Å². The largest absolute Gasteiger partial charge is 0.454 e. The van der Waals surface area contributed by atoms with Gasteiger partial charge in [0.15, 0.2) is 12.4 Å². The van der Waals surface area contributed by atoms with Crippen molar-refractivity contribution in [1.82, 2.24) is 0 Å². The summed E-state index contributed by atoms with van der Waals surface area (Å²) in [5.74, 6) is -3.50. The number of carbonyl (C=O) groups is 5. The maximum atomic E-state index is 13.3. The molecule has 2 aliphatic rings. The predicted molar refractivity (Wildman–Crippen MR) is 163 cm³/mol. The number of hydrogen-bond acceptors (Lipinski definition) is 7. The Kier molecular flexibility index (Phi) is 9.17. The van der Waals surface area contributed by atoms with Crippen LogP contribution in [0.1, 0.15) is 43.9 Å². The monoisotopic (exact) mass is 735 g/mol. The van der Waals surface area contributed by atoms with Gasteiger partial charge < -0.3 is 9.47 Å². The standard InChI is InChI=1S/C30H21Br2Cl2NO7/c31-21-12-19-20(13-22(21)32)28(38)35(27(19)37)25-4-2-1-3-18(25)30(40)41-14-26(36)15-5-8-17(9-6-15)42-29(39)16-7-10-23(33)24(34)11-16/h1-11,19-22H,12-14H2. The number of benzene rings is 3. The number of para-hydroxylation sites is 1. The second kappa shape index (κ2) is 12.7. The highest BCUT2D eigenvalue weighted by atomic mass is 79.9. The smallest absolute Gasteiger partial charge is 0.343 e. The summed E-state index contributed by atoms with van der Waals surface area (Å²) in [6.45, 7) is -0.584. The number of ether oxygens (including phenoxy) is 2. The van der Waals surface area contributed by atoms with Gasteiger partial charge in [0.25, 0.3) is 0 Å². The summed E-state index contributed by atoms with van der Waals surface area (Å²) in [7, 11) is 0. The summed E-state index contributed by atoms with van der Waals surface area (Å²) in [6, 6.07) is 16.2. The van der Waals surface area contributed by atoms with Crippen LogP contribution in [0.2, 0.25) is 10.0 Å². The number of rotatable bonds is 7. The number of nitrogens with zero attached hydrogens (tertiary/aromatic N) is 1. The number of amides is 2. The fourth-order valence-electron chi connectivity index (χ4n) is 4.96.